The molecule has 0 radical (unpaired) electrons. The van der Waals surface area contributed by atoms with Crippen LogP contribution in [0.2, 0.25) is 0 Å². The van der Waals surface area contributed by atoms with E-state index in [4.69, 9.17) is 11.5 Å². The van der Waals surface area contributed by atoms with Gasteiger partial charge in [0.2, 0.25) is 0 Å². The summed E-state index contributed by atoms with van der Waals surface area (Å²) in [6.07, 6.45) is 5.08. The molecule has 0 saturated heterocycles. The third-order valence-electron chi connectivity index (χ3n) is 2.37. The first-order valence-corrected chi connectivity index (χ1v) is 6.25. The first-order chi connectivity index (χ1) is 7.84. The molecule has 17 heavy (non-hydrogen) atoms. The number of rotatable bonds is 6. The van der Waals surface area contributed by atoms with Gasteiger partial charge in [-0.2, -0.15) is 0 Å². The lowest BCUT2D eigenvalue weighted by atomic mass is 10.1. The van der Waals surface area contributed by atoms with E-state index in [1.807, 2.05) is 0 Å². The van der Waals surface area contributed by atoms with Gasteiger partial charge < -0.3 is 15.3 Å². The highest BCUT2D eigenvalue weighted by Crippen LogP contribution is 2.12. The number of thioether (sulfide) groups is 1. The number of nitrogens with one attached hydrogen (secondary N) is 1. The third-order valence-corrected chi connectivity index (χ3v) is 3.24. The number of amides is 2. The monoisotopic (exact) mass is 258 g/mol. The van der Waals surface area contributed by atoms with Crippen molar-refractivity contribution in [3.63, 3.8) is 0 Å². The number of nitrogens with zero attached hydrogens (tertiary/aromatic N) is 1. The molecule has 5 nitrogen and oxygen atoms in total. The molecule has 0 aromatic heterocycles. The highest BCUT2D eigenvalue weighted by atomic mass is 32.2. The standard InChI is InChI=1S/C11H18N2O3S/c1-5-7-17-8-6-12-10(16)13(4)11(2,3)9(14)15/h1H,6-8H2,2-4H3,(H,12,16)(H,14,15). The van der Waals surface area contributed by atoms with Crippen LogP contribution in [-0.4, -0.2) is 52.6 Å². The Labute approximate surface area is 106 Å². The molecular weight excluding hydrogens is 240 g/mol. The Morgan fingerprint density at radius 3 is 2.59 bits per heavy atom. The summed E-state index contributed by atoms with van der Waals surface area (Å²) in [5.74, 6) is 2.74. The van der Waals surface area contributed by atoms with Crippen molar-refractivity contribution >= 4 is 23.8 Å². The molecule has 0 unspecified atom stereocenters. The molecule has 2 amide bonds. The van der Waals surface area contributed by atoms with Crippen LogP contribution in [0.15, 0.2) is 0 Å². The molecule has 0 aliphatic rings. The number of carboxylic acid groups (broad SMARTS) is 1. The lowest BCUT2D eigenvalue weighted by Gasteiger charge is -2.31. The number of terminal acetylenes is 1. The van der Waals surface area contributed by atoms with Gasteiger partial charge in [0.15, 0.2) is 0 Å². The average Bonchev–Trinajstić information content (AvgIpc) is 2.27. The first-order valence-electron chi connectivity index (χ1n) is 5.10. The summed E-state index contributed by atoms with van der Waals surface area (Å²) in [5.41, 5.74) is -1.23. The van der Waals surface area contributed by atoms with Gasteiger partial charge in [-0.3, -0.25) is 0 Å². The lowest BCUT2D eigenvalue weighted by molar-refractivity contribution is -0.146. The quantitative estimate of drug-likeness (QED) is 0.547. The van der Waals surface area contributed by atoms with Crippen LogP contribution in [0.3, 0.4) is 0 Å². The molecule has 0 aromatic rings. The number of hydrogen-bond acceptors (Lipinski definition) is 3. The van der Waals surface area contributed by atoms with E-state index in [1.165, 1.54) is 37.6 Å². The van der Waals surface area contributed by atoms with Gasteiger partial charge in [-0.15, -0.1) is 18.2 Å². The molecule has 0 aliphatic heterocycles. The Balaban J connectivity index is 4.07. The van der Waals surface area contributed by atoms with Crippen molar-refractivity contribution in [2.75, 3.05) is 25.1 Å². The molecule has 0 fully saturated rings. The minimum Gasteiger partial charge on any atom is -0.480 e. The normalized spacial score (nSPS) is 10.5. The van der Waals surface area contributed by atoms with Crippen LogP contribution in [-0.2, 0) is 4.79 Å². The molecule has 6 heteroatoms. The number of carboxylic acids is 1. The van der Waals surface area contributed by atoms with E-state index in [-0.39, 0.29) is 0 Å². The van der Waals surface area contributed by atoms with Crippen LogP contribution in [0.4, 0.5) is 4.79 Å². The smallest absolute Gasteiger partial charge is 0.329 e. The lowest BCUT2D eigenvalue weighted by Crippen LogP contribution is -2.54. The van der Waals surface area contributed by atoms with E-state index in [0.29, 0.717) is 18.1 Å². The molecule has 0 aromatic carbocycles. The molecule has 0 heterocycles. The largest absolute Gasteiger partial charge is 0.480 e. The predicted molar refractivity (Wildman–Crippen MR) is 69.0 cm³/mol. The van der Waals surface area contributed by atoms with Crippen molar-refractivity contribution in [1.82, 2.24) is 10.2 Å². The van der Waals surface area contributed by atoms with Crippen molar-refractivity contribution in [3.8, 4) is 12.3 Å². The number of carbonyl (C=O) groups is 2. The van der Waals surface area contributed by atoms with Crippen molar-refractivity contribution in [2.45, 2.75) is 19.4 Å². The summed E-state index contributed by atoms with van der Waals surface area (Å²) in [6.45, 7) is 3.41. The zero-order valence-electron chi connectivity index (χ0n) is 10.3. The fraction of sp³-hybridized carbons (Fsp3) is 0.636. The van der Waals surface area contributed by atoms with Crippen LogP contribution in [0.25, 0.3) is 0 Å². The highest BCUT2D eigenvalue weighted by molar-refractivity contribution is 7.99. The second-order valence-electron chi connectivity index (χ2n) is 3.91. The number of carbonyl (C=O) groups excluding carboxylic acids is 1. The van der Waals surface area contributed by atoms with Gasteiger partial charge in [0, 0.05) is 19.3 Å². The van der Waals surface area contributed by atoms with Crippen LogP contribution in [0.1, 0.15) is 13.8 Å². The first kappa shape index (κ1) is 15.7. The zero-order chi connectivity index (χ0) is 13.5. The van der Waals surface area contributed by atoms with Gasteiger partial charge in [0.25, 0.3) is 0 Å². The fourth-order valence-electron chi connectivity index (χ4n) is 0.877. The summed E-state index contributed by atoms with van der Waals surface area (Å²) in [5, 5.41) is 11.6. The number of hydrogen-bond donors (Lipinski definition) is 2. The molecule has 96 valence electrons. The maximum absolute atomic E-state index is 11.6. The van der Waals surface area contributed by atoms with Gasteiger partial charge in [0.1, 0.15) is 5.54 Å². The second kappa shape index (κ2) is 7.07. The summed E-state index contributed by atoms with van der Waals surface area (Å²) in [4.78, 5) is 23.7. The maximum atomic E-state index is 11.6. The minimum atomic E-state index is -1.23. The van der Waals surface area contributed by atoms with E-state index in [0.717, 1.165) is 0 Å². The number of likely N-dealkylation sites (N-methyl/N-ethyl adjacent to an activating group) is 1. The van der Waals surface area contributed by atoms with E-state index in [9.17, 15) is 9.59 Å². The summed E-state index contributed by atoms with van der Waals surface area (Å²) < 4.78 is 0. The molecule has 0 saturated carbocycles. The van der Waals surface area contributed by atoms with E-state index < -0.39 is 17.5 Å². The van der Waals surface area contributed by atoms with Gasteiger partial charge in [-0.1, -0.05) is 5.92 Å². The van der Waals surface area contributed by atoms with Crippen LogP contribution in [0, 0.1) is 12.3 Å². The van der Waals surface area contributed by atoms with Crippen molar-refractivity contribution in [1.29, 1.82) is 0 Å². The Morgan fingerprint density at radius 1 is 1.53 bits per heavy atom. The van der Waals surface area contributed by atoms with E-state index in [2.05, 4.69) is 11.2 Å². The third kappa shape index (κ3) is 5.00. The topological polar surface area (TPSA) is 69.6 Å². The predicted octanol–water partition coefficient (Wildman–Crippen LogP) is 0.857. The number of urea groups is 1. The molecule has 0 aliphatic carbocycles. The van der Waals surface area contributed by atoms with Gasteiger partial charge in [0.05, 0.1) is 5.75 Å². The second-order valence-corrected chi connectivity index (χ2v) is 5.02. The van der Waals surface area contributed by atoms with E-state index >= 15 is 0 Å². The van der Waals surface area contributed by atoms with Gasteiger partial charge in [-0.25, -0.2) is 9.59 Å². The van der Waals surface area contributed by atoms with Crippen LogP contribution < -0.4 is 5.32 Å². The Bertz CT molecular complexity index is 323. The molecular formula is C11H18N2O3S. The number of aliphatic carboxylic acids is 1. The summed E-state index contributed by atoms with van der Waals surface area (Å²) in [6, 6.07) is -0.404. The molecule has 0 atom stereocenters. The van der Waals surface area contributed by atoms with Crippen LogP contribution >= 0.6 is 11.8 Å². The van der Waals surface area contributed by atoms with Crippen molar-refractivity contribution in [3.05, 3.63) is 0 Å². The summed E-state index contributed by atoms with van der Waals surface area (Å²) >= 11 is 1.54. The molecule has 2 N–H and O–H groups in total. The summed E-state index contributed by atoms with van der Waals surface area (Å²) in [7, 11) is 1.46. The van der Waals surface area contributed by atoms with Crippen LogP contribution in [0.5, 0.6) is 0 Å². The molecule has 0 rings (SSSR count). The maximum Gasteiger partial charge on any atom is 0.329 e. The highest BCUT2D eigenvalue weighted by Gasteiger charge is 2.34. The van der Waals surface area contributed by atoms with Crippen molar-refractivity contribution < 1.29 is 14.7 Å². The zero-order valence-corrected chi connectivity index (χ0v) is 11.1. The minimum absolute atomic E-state index is 0.404. The Hall–Kier alpha value is -1.35. The van der Waals surface area contributed by atoms with E-state index in [1.54, 1.807) is 0 Å². The molecule has 0 spiro atoms. The van der Waals surface area contributed by atoms with Gasteiger partial charge in [-0.05, 0) is 13.8 Å². The Morgan fingerprint density at radius 2 is 2.12 bits per heavy atom. The fourth-order valence-corrected chi connectivity index (χ4v) is 1.39. The molecule has 0 bridgehead atoms. The van der Waals surface area contributed by atoms with Crippen molar-refractivity contribution in [2.24, 2.45) is 0 Å². The Kier molecular flexibility index (Phi) is 6.51. The van der Waals surface area contributed by atoms with Gasteiger partial charge >= 0.3 is 12.0 Å². The average molecular weight is 258 g/mol. The SMILES string of the molecule is C#CCSCCNC(=O)N(C)C(C)(C)C(=O)O.